The van der Waals surface area contributed by atoms with E-state index in [0.29, 0.717) is 28.4 Å². The van der Waals surface area contributed by atoms with E-state index in [0.717, 1.165) is 5.56 Å². The summed E-state index contributed by atoms with van der Waals surface area (Å²) >= 11 is 0. The predicted octanol–water partition coefficient (Wildman–Crippen LogP) is 4.60. The Hall–Kier alpha value is -4.13. The van der Waals surface area contributed by atoms with Crippen LogP contribution in [0.3, 0.4) is 0 Å². The van der Waals surface area contributed by atoms with E-state index in [1.54, 1.807) is 42.5 Å². The number of amides is 3. The van der Waals surface area contributed by atoms with Crippen LogP contribution < -0.4 is 20.3 Å². The number of hydrogen-bond donors (Lipinski definition) is 2. The molecule has 0 atom stereocenters. The van der Waals surface area contributed by atoms with E-state index in [-0.39, 0.29) is 36.3 Å². The van der Waals surface area contributed by atoms with E-state index in [1.807, 2.05) is 30.3 Å². The van der Waals surface area contributed by atoms with Crippen LogP contribution in [0.15, 0.2) is 72.8 Å². The van der Waals surface area contributed by atoms with Crippen LogP contribution in [-0.4, -0.2) is 30.9 Å². The Morgan fingerprint density at radius 2 is 1.74 bits per heavy atom. The minimum atomic E-state index is -0.304. The molecule has 7 nitrogen and oxygen atoms in total. The van der Waals surface area contributed by atoms with Gasteiger partial charge in [-0.05, 0) is 59.5 Å². The Kier molecular flexibility index (Phi) is 6.36. The highest BCUT2D eigenvalue weighted by molar-refractivity contribution is 6.15. The number of nitrogens with zero attached hydrogens (tertiary/aromatic N) is 1. The van der Waals surface area contributed by atoms with Crippen molar-refractivity contribution in [2.45, 2.75) is 26.2 Å². The van der Waals surface area contributed by atoms with Crippen LogP contribution in [0.2, 0.25) is 0 Å². The molecule has 0 unspecified atom stereocenters. The Morgan fingerprint density at radius 3 is 2.47 bits per heavy atom. The molecule has 3 aromatic rings. The van der Waals surface area contributed by atoms with Crippen LogP contribution in [0.25, 0.3) is 0 Å². The van der Waals surface area contributed by atoms with Gasteiger partial charge in [0.25, 0.3) is 11.8 Å². The van der Waals surface area contributed by atoms with E-state index < -0.39 is 0 Å². The molecule has 4 rings (SSSR count). The third-order valence-electron chi connectivity index (χ3n) is 5.50. The van der Waals surface area contributed by atoms with E-state index in [2.05, 4.69) is 31.4 Å². The van der Waals surface area contributed by atoms with Crippen molar-refractivity contribution in [1.82, 2.24) is 0 Å². The van der Waals surface area contributed by atoms with Crippen molar-refractivity contribution in [3.8, 4) is 5.75 Å². The third kappa shape index (κ3) is 5.26. The van der Waals surface area contributed by atoms with Crippen LogP contribution in [0, 0.1) is 0 Å². The SMILES string of the molecule is CC(C)(C)c1cccc(OCC(=O)Nc2ccc(C(=O)N3CC(=O)Nc4ccccc43)cc2)c1. The van der Waals surface area contributed by atoms with Crippen LogP contribution in [0.1, 0.15) is 36.7 Å². The minimum absolute atomic E-state index is 0.0130. The van der Waals surface area contributed by atoms with Crippen molar-refractivity contribution in [1.29, 1.82) is 0 Å². The molecule has 1 heterocycles. The fourth-order valence-corrected chi connectivity index (χ4v) is 3.66. The van der Waals surface area contributed by atoms with Crippen LogP contribution in [0.4, 0.5) is 17.1 Å². The molecule has 3 aromatic carbocycles. The Balaban J connectivity index is 1.37. The van der Waals surface area contributed by atoms with Crippen molar-refractivity contribution in [3.05, 3.63) is 83.9 Å². The molecule has 1 aliphatic heterocycles. The lowest BCUT2D eigenvalue weighted by Gasteiger charge is -2.29. The summed E-state index contributed by atoms with van der Waals surface area (Å²) in [5, 5.41) is 5.54. The molecule has 3 amide bonds. The molecule has 0 saturated carbocycles. The molecule has 7 heteroatoms. The Morgan fingerprint density at radius 1 is 1.00 bits per heavy atom. The first-order chi connectivity index (χ1) is 16.2. The van der Waals surface area contributed by atoms with Gasteiger partial charge in [0.1, 0.15) is 12.3 Å². The number of rotatable bonds is 5. The standard InChI is InChI=1S/C27H27N3O4/c1-27(2,3)19-7-6-8-21(15-19)34-17-25(32)28-20-13-11-18(12-14-20)26(33)30-16-24(31)29-22-9-4-5-10-23(22)30/h4-15H,16-17H2,1-3H3,(H,28,32)(H,29,31). The molecule has 0 aromatic heterocycles. The second-order valence-corrected chi connectivity index (χ2v) is 9.15. The van der Waals surface area contributed by atoms with Gasteiger partial charge < -0.3 is 15.4 Å². The van der Waals surface area contributed by atoms with Gasteiger partial charge in [-0.1, -0.05) is 45.0 Å². The molecule has 2 N–H and O–H groups in total. The number of nitrogens with one attached hydrogen (secondary N) is 2. The molecule has 0 spiro atoms. The van der Waals surface area contributed by atoms with Crippen molar-refractivity contribution in [3.63, 3.8) is 0 Å². The smallest absolute Gasteiger partial charge is 0.262 e. The molecule has 0 fully saturated rings. The summed E-state index contributed by atoms with van der Waals surface area (Å²) in [6.45, 7) is 6.17. The average molecular weight is 458 g/mol. The fraction of sp³-hybridized carbons (Fsp3) is 0.222. The molecular weight excluding hydrogens is 430 g/mol. The molecule has 1 aliphatic rings. The molecule has 0 saturated heterocycles. The molecule has 0 bridgehead atoms. The summed E-state index contributed by atoms with van der Waals surface area (Å²) < 4.78 is 5.65. The molecule has 174 valence electrons. The second kappa shape index (κ2) is 9.39. The van der Waals surface area contributed by atoms with E-state index in [9.17, 15) is 14.4 Å². The van der Waals surface area contributed by atoms with E-state index in [1.165, 1.54) is 4.90 Å². The first-order valence-corrected chi connectivity index (χ1v) is 11.0. The number of fused-ring (bicyclic) bond motifs is 1. The topological polar surface area (TPSA) is 87.7 Å². The molecule has 0 radical (unpaired) electrons. The number of anilines is 3. The summed E-state index contributed by atoms with van der Waals surface area (Å²) in [4.78, 5) is 38.8. The fourth-order valence-electron chi connectivity index (χ4n) is 3.66. The minimum Gasteiger partial charge on any atom is -0.484 e. The van der Waals surface area contributed by atoms with Gasteiger partial charge in [-0.15, -0.1) is 0 Å². The van der Waals surface area contributed by atoms with Crippen molar-refractivity contribution < 1.29 is 19.1 Å². The zero-order valence-electron chi connectivity index (χ0n) is 19.4. The molecule has 0 aliphatic carbocycles. The van der Waals surface area contributed by atoms with Gasteiger partial charge in [0.2, 0.25) is 5.91 Å². The summed E-state index contributed by atoms with van der Waals surface area (Å²) in [6.07, 6.45) is 0. The summed E-state index contributed by atoms with van der Waals surface area (Å²) in [6, 6.07) is 21.4. The highest BCUT2D eigenvalue weighted by Gasteiger charge is 2.27. The summed E-state index contributed by atoms with van der Waals surface area (Å²) in [5.41, 5.74) is 3.32. The zero-order chi connectivity index (χ0) is 24.3. The summed E-state index contributed by atoms with van der Waals surface area (Å²) in [5.74, 6) is -0.206. The zero-order valence-corrected chi connectivity index (χ0v) is 19.4. The monoisotopic (exact) mass is 457 g/mol. The quantitative estimate of drug-likeness (QED) is 0.586. The normalized spacial score (nSPS) is 13.0. The largest absolute Gasteiger partial charge is 0.484 e. The van der Waals surface area contributed by atoms with Gasteiger partial charge in [0, 0.05) is 11.3 Å². The number of carbonyl (C=O) groups excluding carboxylic acids is 3. The maximum absolute atomic E-state index is 13.0. The lowest BCUT2D eigenvalue weighted by Crippen LogP contribution is -2.42. The number of ether oxygens (including phenoxy) is 1. The van der Waals surface area contributed by atoms with Crippen LogP contribution in [-0.2, 0) is 15.0 Å². The third-order valence-corrected chi connectivity index (χ3v) is 5.50. The first kappa shape index (κ1) is 23.0. The number of benzene rings is 3. The number of para-hydroxylation sites is 2. The number of carbonyl (C=O) groups is 3. The highest BCUT2D eigenvalue weighted by Crippen LogP contribution is 2.30. The van der Waals surface area contributed by atoms with E-state index >= 15 is 0 Å². The maximum Gasteiger partial charge on any atom is 0.262 e. The van der Waals surface area contributed by atoms with Crippen molar-refractivity contribution in [2.24, 2.45) is 0 Å². The molecule has 34 heavy (non-hydrogen) atoms. The van der Waals surface area contributed by atoms with Crippen LogP contribution >= 0.6 is 0 Å². The van der Waals surface area contributed by atoms with Gasteiger partial charge in [0.05, 0.1) is 11.4 Å². The van der Waals surface area contributed by atoms with Gasteiger partial charge in [0.15, 0.2) is 6.61 Å². The first-order valence-electron chi connectivity index (χ1n) is 11.0. The van der Waals surface area contributed by atoms with Gasteiger partial charge >= 0.3 is 0 Å². The average Bonchev–Trinajstić information content (AvgIpc) is 2.82. The predicted molar refractivity (Wildman–Crippen MR) is 132 cm³/mol. The maximum atomic E-state index is 13.0. The molecular formula is C27H27N3O4. The number of hydrogen-bond acceptors (Lipinski definition) is 4. The van der Waals surface area contributed by atoms with E-state index in [4.69, 9.17) is 4.74 Å². The lowest BCUT2D eigenvalue weighted by molar-refractivity contribution is -0.118. The van der Waals surface area contributed by atoms with Gasteiger partial charge in [-0.25, -0.2) is 0 Å². The van der Waals surface area contributed by atoms with Gasteiger partial charge in [-0.2, -0.15) is 0 Å². The Labute approximate surface area is 198 Å². The van der Waals surface area contributed by atoms with Crippen LogP contribution in [0.5, 0.6) is 5.75 Å². The summed E-state index contributed by atoms with van der Waals surface area (Å²) in [7, 11) is 0. The van der Waals surface area contributed by atoms with Crippen molar-refractivity contribution in [2.75, 3.05) is 28.7 Å². The van der Waals surface area contributed by atoms with Gasteiger partial charge in [-0.3, -0.25) is 19.3 Å². The highest BCUT2D eigenvalue weighted by atomic mass is 16.5. The second-order valence-electron chi connectivity index (χ2n) is 9.15. The van der Waals surface area contributed by atoms with Crippen molar-refractivity contribution >= 4 is 34.8 Å². The Bertz CT molecular complexity index is 1230. The lowest BCUT2D eigenvalue weighted by atomic mass is 9.87.